The number of piperidine rings is 1. The Hall–Kier alpha value is -2.25. The van der Waals surface area contributed by atoms with Crippen LogP contribution in [0.15, 0.2) is 48.5 Å². The monoisotopic (exact) mass is 404 g/mol. The fourth-order valence-electron chi connectivity index (χ4n) is 3.35. The Morgan fingerprint density at radius 1 is 1.11 bits per heavy atom. The van der Waals surface area contributed by atoms with Gasteiger partial charge < -0.3 is 5.32 Å². The Labute approximate surface area is 165 Å². The molecule has 0 aromatic heterocycles. The zero-order valence-corrected chi connectivity index (χ0v) is 16.7. The van der Waals surface area contributed by atoms with Crippen molar-refractivity contribution in [3.05, 3.63) is 71.0 Å². The number of rotatable bonds is 6. The first-order valence-corrected chi connectivity index (χ1v) is 11.0. The first-order chi connectivity index (χ1) is 13.3. The summed E-state index contributed by atoms with van der Waals surface area (Å²) in [5.74, 6) is -0.784. The molecule has 0 radical (unpaired) electrons. The Morgan fingerprint density at radius 3 is 2.39 bits per heavy atom. The number of hydrogen-bond donors (Lipinski definition) is 1. The number of aryl methyl sites for hydroxylation is 1. The number of nitrogens with one attached hydrogen (secondary N) is 1. The molecule has 5 nitrogen and oxygen atoms in total. The van der Waals surface area contributed by atoms with Gasteiger partial charge in [0.1, 0.15) is 5.82 Å². The number of sulfonamides is 1. The van der Waals surface area contributed by atoms with Crippen molar-refractivity contribution >= 4 is 15.9 Å². The van der Waals surface area contributed by atoms with Gasteiger partial charge in [-0.2, -0.15) is 0 Å². The average molecular weight is 405 g/mol. The summed E-state index contributed by atoms with van der Waals surface area (Å²) >= 11 is 0. The maximum absolute atomic E-state index is 13.6. The van der Waals surface area contributed by atoms with Crippen molar-refractivity contribution < 1.29 is 17.6 Å². The second-order valence-corrected chi connectivity index (χ2v) is 9.19. The molecule has 28 heavy (non-hydrogen) atoms. The van der Waals surface area contributed by atoms with Crippen molar-refractivity contribution in [1.29, 1.82) is 0 Å². The number of carbonyl (C=O) groups is 1. The first-order valence-electron chi connectivity index (χ1n) is 9.39. The summed E-state index contributed by atoms with van der Waals surface area (Å²) in [5.41, 5.74) is 2.28. The maximum atomic E-state index is 13.6. The highest BCUT2D eigenvalue weighted by molar-refractivity contribution is 7.88. The lowest BCUT2D eigenvalue weighted by Crippen LogP contribution is -2.43. The van der Waals surface area contributed by atoms with Crippen LogP contribution in [0.1, 0.15) is 29.5 Å². The van der Waals surface area contributed by atoms with Crippen LogP contribution in [0.5, 0.6) is 0 Å². The van der Waals surface area contributed by atoms with Gasteiger partial charge in [-0.1, -0.05) is 48.0 Å². The van der Waals surface area contributed by atoms with Gasteiger partial charge in [0.25, 0.3) is 0 Å². The van der Waals surface area contributed by atoms with E-state index < -0.39 is 10.0 Å². The van der Waals surface area contributed by atoms with Crippen LogP contribution in [0.2, 0.25) is 0 Å². The van der Waals surface area contributed by atoms with Gasteiger partial charge in [-0.25, -0.2) is 17.1 Å². The lowest BCUT2D eigenvalue weighted by molar-refractivity contribution is -0.126. The van der Waals surface area contributed by atoms with Gasteiger partial charge in [0.15, 0.2) is 0 Å². The number of amides is 1. The minimum Gasteiger partial charge on any atom is -0.352 e. The van der Waals surface area contributed by atoms with Crippen molar-refractivity contribution in [3.63, 3.8) is 0 Å². The molecule has 0 saturated carbocycles. The molecule has 1 saturated heterocycles. The fraction of sp³-hybridized carbons (Fsp3) is 0.381. The van der Waals surface area contributed by atoms with Crippen LogP contribution in [0.25, 0.3) is 0 Å². The summed E-state index contributed by atoms with van der Waals surface area (Å²) in [7, 11) is -3.41. The largest absolute Gasteiger partial charge is 0.352 e. The molecule has 1 heterocycles. The van der Waals surface area contributed by atoms with Crippen LogP contribution in [0, 0.1) is 18.7 Å². The van der Waals surface area contributed by atoms with Gasteiger partial charge in [-0.15, -0.1) is 0 Å². The second-order valence-electron chi connectivity index (χ2n) is 7.22. The maximum Gasteiger partial charge on any atom is 0.223 e. The Kier molecular flexibility index (Phi) is 6.46. The van der Waals surface area contributed by atoms with Crippen LogP contribution in [-0.4, -0.2) is 31.7 Å². The van der Waals surface area contributed by atoms with Crippen molar-refractivity contribution in [3.8, 4) is 0 Å². The molecule has 0 spiro atoms. The molecule has 0 atom stereocenters. The highest BCUT2D eigenvalue weighted by atomic mass is 32.2. The predicted molar refractivity (Wildman–Crippen MR) is 106 cm³/mol. The molecule has 2 aromatic rings. The van der Waals surface area contributed by atoms with E-state index in [0.29, 0.717) is 31.5 Å². The Morgan fingerprint density at radius 2 is 1.75 bits per heavy atom. The van der Waals surface area contributed by atoms with E-state index in [1.54, 1.807) is 18.2 Å². The summed E-state index contributed by atoms with van der Waals surface area (Å²) in [5, 5.41) is 2.76. The molecular formula is C21H25FN2O3S. The van der Waals surface area contributed by atoms with Gasteiger partial charge in [-0.05, 0) is 31.4 Å². The molecule has 1 N–H and O–H groups in total. The molecule has 1 aliphatic rings. The fourth-order valence-corrected chi connectivity index (χ4v) is 4.91. The number of carbonyl (C=O) groups excluding carboxylic acids is 1. The number of halogens is 1. The van der Waals surface area contributed by atoms with E-state index in [4.69, 9.17) is 0 Å². The molecular weight excluding hydrogens is 379 g/mol. The Balaban J connectivity index is 1.51. The van der Waals surface area contributed by atoms with Crippen LogP contribution in [-0.2, 0) is 27.1 Å². The summed E-state index contributed by atoms with van der Waals surface area (Å²) in [6, 6.07) is 13.8. The van der Waals surface area contributed by atoms with Crippen LogP contribution in [0.3, 0.4) is 0 Å². The smallest absolute Gasteiger partial charge is 0.223 e. The van der Waals surface area contributed by atoms with Gasteiger partial charge in [0.05, 0.1) is 5.75 Å². The molecule has 150 valence electrons. The number of nitrogens with zero attached hydrogens (tertiary/aromatic N) is 1. The molecule has 1 aliphatic heterocycles. The third kappa shape index (κ3) is 5.17. The van der Waals surface area contributed by atoms with Crippen LogP contribution < -0.4 is 5.32 Å². The molecule has 0 aliphatic carbocycles. The molecule has 0 unspecified atom stereocenters. The van der Waals surface area contributed by atoms with E-state index in [1.807, 2.05) is 31.2 Å². The van der Waals surface area contributed by atoms with Crippen LogP contribution >= 0.6 is 0 Å². The second kappa shape index (κ2) is 8.84. The quantitative estimate of drug-likeness (QED) is 0.805. The van der Waals surface area contributed by atoms with Gasteiger partial charge >= 0.3 is 0 Å². The first kappa shape index (κ1) is 20.5. The summed E-state index contributed by atoms with van der Waals surface area (Å²) in [6.45, 7) is 2.75. The average Bonchev–Trinajstić information content (AvgIpc) is 2.69. The highest BCUT2D eigenvalue weighted by Gasteiger charge is 2.31. The van der Waals surface area contributed by atoms with E-state index in [1.165, 1.54) is 10.4 Å². The zero-order valence-electron chi connectivity index (χ0n) is 15.9. The molecule has 3 rings (SSSR count). The van der Waals surface area contributed by atoms with Gasteiger partial charge in [0.2, 0.25) is 15.9 Å². The summed E-state index contributed by atoms with van der Waals surface area (Å²) in [6.07, 6.45) is 0.937. The van der Waals surface area contributed by atoms with Crippen molar-refractivity contribution in [2.24, 2.45) is 5.92 Å². The van der Waals surface area contributed by atoms with E-state index in [9.17, 15) is 17.6 Å². The molecule has 7 heteroatoms. The topological polar surface area (TPSA) is 66.5 Å². The molecule has 0 bridgehead atoms. The third-order valence-corrected chi connectivity index (χ3v) is 6.95. The minimum atomic E-state index is -3.41. The van der Waals surface area contributed by atoms with E-state index in [0.717, 1.165) is 11.1 Å². The molecule has 1 amide bonds. The Bertz CT molecular complexity index is 921. The predicted octanol–water partition coefficient (Wildman–Crippen LogP) is 2.99. The van der Waals surface area contributed by atoms with E-state index in [-0.39, 0.29) is 29.9 Å². The SMILES string of the molecule is Cc1ccc(CS(=O)(=O)N2CCC(C(=O)NCc3ccccc3F)CC2)cc1. The van der Waals surface area contributed by atoms with Gasteiger partial charge in [-0.3, -0.25) is 4.79 Å². The number of hydrogen-bond acceptors (Lipinski definition) is 3. The van der Waals surface area contributed by atoms with Crippen LogP contribution in [0.4, 0.5) is 4.39 Å². The minimum absolute atomic E-state index is 0.0303. The standard InChI is InChI=1S/C21H25FN2O3S/c1-16-6-8-17(9-7-16)15-28(26,27)24-12-10-18(11-13-24)21(25)23-14-19-4-2-3-5-20(19)22/h2-9,18H,10-15H2,1H3,(H,23,25). The normalized spacial score (nSPS) is 16.1. The van der Waals surface area contributed by atoms with E-state index >= 15 is 0 Å². The van der Waals surface area contributed by atoms with Crippen molar-refractivity contribution in [2.45, 2.75) is 32.1 Å². The van der Waals surface area contributed by atoms with Gasteiger partial charge in [0, 0.05) is 31.1 Å². The summed E-state index contributed by atoms with van der Waals surface area (Å²) in [4.78, 5) is 12.4. The molecule has 1 fully saturated rings. The highest BCUT2D eigenvalue weighted by Crippen LogP contribution is 2.22. The lowest BCUT2D eigenvalue weighted by atomic mass is 9.97. The van der Waals surface area contributed by atoms with Crippen molar-refractivity contribution in [2.75, 3.05) is 13.1 Å². The van der Waals surface area contributed by atoms with Crippen molar-refractivity contribution in [1.82, 2.24) is 9.62 Å². The lowest BCUT2D eigenvalue weighted by Gasteiger charge is -2.30. The molecule has 2 aromatic carbocycles. The summed E-state index contributed by atoms with van der Waals surface area (Å²) < 4.78 is 40.4. The number of benzene rings is 2. The van der Waals surface area contributed by atoms with E-state index in [2.05, 4.69) is 5.32 Å². The zero-order chi connectivity index (χ0) is 20.1. The third-order valence-electron chi connectivity index (χ3n) is 5.10.